The van der Waals surface area contributed by atoms with Crippen LogP contribution in [0.4, 0.5) is 11.4 Å². The maximum absolute atomic E-state index is 11.7. The lowest BCUT2D eigenvalue weighted by molar-refractivity contribution is 0.356. The number of nitrogen functional groups attached to an aromatic ring is 1. The van der Waals surface area contributed by atoms with E-state index in [9.17, 15) is 8.42 Å². The first-order valence-electron chi connectivity index (χ1n) is 6.44. The molecule has 0 saturated carbocycles. The number of primary sulfonamides is 1. The Morgan fingerprint density at radius 2 is 1.79 bits per heavy atom. The highest BCUT2D eigenvalue weighted by molar-refractivity contribution is 7.89. The zero-order valence-electron chi connectivity index (χ0n) is 11.3. The second kappa shape index (κ2) is 5.02. The predicted octanol–water partition coefficient (Wildman–Crippen LogP) is 1.40. The number of sulfonamides is 1. The molecular formula is C13H21N3O2S. The molecule has 1 aromatic rings. The summed E-state index contributed by atoms with van der Waals surface area (Å²) in [6.45, 7) is 6.04. The normalized spacial score (nSPS) is 24.5. The molecule has 0 bridgehead atoms. The van der Waals surface area contributed by atoms with E-state index in [1.54, 1.807) is 12.1 Å². The Hall–Kier alpha value is -1.27. The second-order valence-electron chi connectivity index (χ2n) is 5.62. The lowest BCUT2D eigenvalue weighted by Crippen LogP contribution is -2.39. The number of anilines is 2. The van der Waals surface area contributed by atoms with Gasteiger partial charge >= 0.3 is 0 Å². The van der Waals surface area contributed by atoms with E-state index >= 15 is 0 Å². The van der Waals surface area contributed by atoms with Gasteiger partial charge in [0.05, 0.1) is 5.69 Å². The first-order valence-corrected chi connectivity index (χ1v) is 7.99. The average molecular weight is 283 g/mol. The molecular weight excluding hydrogens is 262 g/mol. The van der Waals surface area contributed by atoms with Gasteiger partial charge in [-0.2, -0.15) is 0 Å². The molecule has 2 unspecified atom stereocenters. The summed E-state index contributed by atoms with van der Waals surface area (Å²) in [5.74, 6) is 1.07. The van der Waals surface area contributed by atoms with Crippen LogP contribution >= 0.6 is 0 Å². The molecule has 5 nitrogen and oxygen atoms in total. The molecule has 1 saturated heterocycles. The molecule has 4 N–H and O–H groups in total. The maximum atomic E-state index is 11.7. The van der Waals surface area contributed by atoms with Crippen molar-refractivity contribution < 1.29 is 8.42 Å². The van der Waals surface area contributed by atoms with Gasteiger partial charge in [-0.1, -0.05) is 13.8 Å². The molecule has 2 rings (SSSR count). The van der Waals surface area contributed by atoms with Crippen LogP contribution in [0.2, 0.25) is 0 Å². The van der Waals surface area contributed by atoms with Crippen LogP contribution in [0, 0.1) is 11.8 Å². The Morgan fingerprint density at radius 3 is 2.32 bits per heavy atom. The fraction of sp³-hybridized carbons (Fsp3) is 0.538. The van der Waals surface area contributed by atoms with Crippen LogP contribution in [0.1, 0.15) is 20.3 Å². The molecule has 0 radical (unpaired) electrons. The predicted molar refractivity (Wildman–Crippen MR) is 77.4 cm³/mol. The molecule has 1 heterocycles. The highest BCUT2D eigenvalue weighted by Crippen LogP contribution is 2.31. The molecule has 0 spiro atoms. The highest BCUT2D eigenvalue weighted by atomic mass is 32.2. The van der Waals surface area contributed by atoms with Crippen LogP contribution in [0.15, 0.2) is 23.1 Å². The number of nitrogens with zero attached hydrogens (tertiary/aromatic N) is 1. The Kier molecular flexibility index (Phi) is 3.73. The smallest absolute Gasteiger partial charge is 0.240 e. The Labute approximate surface area is 114 Å². The molecule has 2 atom stereocenters. The molecule has 106 valence electrons. The van der Waals surface area contributed by atoms with E-state index in [1.807, 2.05) is 0 Å². The summed E-state index contributed by atoms with van der Waals surface area (Å²) in [7, 11) is -3.76. The summed E-state index contributed by atoms with van der Waals surface area (Å²) in [5, 5.41) is 5.29. The molecule has 19 heavy (non-hydrogen) atoms. The Bertz CT molecular complexity index is 561. The third-order valence-corrected chi connectivity index (χ3v) is 4.44. The zero-order valence-corrected chi connectivity index (χ0v) is 12.2. The molecule has 1 aromatic carbocycles. The fourth-order valence-electron chi connectivity index (χ4n) is 2.88. The summed E-state index contributed by atoms with van der Waals surface area (Å²) < 4.78 is 23.4. The van der Waals surface area contributed by atoms with Gasteiger partial charge in [-0.15, -0.1) is 0 Å². The number of piperidine rings is 1. The van der Waals surface area contributed by atoms with E-state index < -0.39 is 10.0 Å². The molecule has 0 aromatic heterocycles. The van der Waals surface area contributed by atoms with Gasteiger partial charge in [0.25, 0.3) is 0 Å². The van der Waals surface area contributed by atoms with E-state index in [0.717, 1.165) is 19.5 Å². The number of nitrogens with two attached hydrogens (primary N) is 2. The van der Waals surface area contributed by atoms with Gasteiger partial charge in [0.15, 0.2) is 0 Å². The summed E-state index contributed by atoms with van der Waals surface area (Å²) >= 11 is 0. The third kappa shape index (κ3) is 3.19. The Morgan fingerprint density at radius 1 is 1.21 bits per heavy atom. The van der Waals surface area contributed by atoms with E-state index in [-0.39, 0.29) is 4.90 Å². The van der Waals surface area contributed by atoms with Crippen LogP contribution in [-0.2, 0) is 10.0 Å². The largest absolute Gasteiger partial charge is 0.399 e. The highest BCUT2D eigenvalue weighted by Gasteiger charge is 2.26. The van der Waals surface area contributed by atoms with Crippen LogP contribution < -0.4 is 15.8 Å². The van der Waals surface area contributed by atoms with Crippen molar-refractivity contribution >= 4 is 21.4 Å². The molecule has 1 aliphatic rings. The van der Waals surface area contributed by atoms with Crippen molar-refractivity contribution in [2.24, 2.45) is 17.0 Å². The fourth-order valence-corrected chi connectivity index (χ4v) is 3.67. The van der Waals surface area contributed by atoms with E-state index in [1.165, 1.54) is 6.07 Å². The molecule has 6 heteroatoms. The van der Waals surface area contributed by atoms with Crippen molar-refractivity contribution in [1.82, 2.24) is 0 Å². The van der Waals surface area contributed by atoms with Crippen molar-refractivity contribution in [3.05, 3.63) is 18.2 Å². The standard InChI is InChI=1S/C13H21N3O2S/c1-9-5-10(2)8-16(7-9)12-4-3-11(14)6-13(12)19(15,17)18/h3-4,6,9-10H,5,7-8,14H2,1-2H3,(H2,15,17,18). The molecule has 0 amide bonds. The van der Waals surface area contributed by atoms with Crippen LogP contribution in [-0.4, -0.2) is 21.5 Å². The van der Waals surface area contributed by atoms with Crippen molar-refractivity contribution in [3.63, 3.8) is 0 Å². The van der Waals surface area contributed by atoms with Gasteiger partial charge in [0, 0.05) is 18.8 Å². The van der Waals surface area contributed by atoms with Crippen LogP contribution in [0.25, 0.3) is 0 Å². The quantitative estimate of drug-likeness (QED) is 0.803. The van der Waals surface area contributed by atoms with Crippen molar-refractivity contribution in [1.29, 1.82) is 0 Å². The van der Waals surface area contributed by atoms with Gasteiger partial charge in [-0.25, -0.2) is 13.6 Å². The van der Waals surface area contributed by atoms with E-state index in [0.29, 0.717) is 23.2 Å². The minimum atomic E-state index is -3.76. The topological polar surface area (TPSA) is 89.4 Å². The average Bonchev–Trinajstić information content (AvgIpc) is 2.26. The number of hydrogen-bond acceptors (Lipinski definition) is 4. The van der Waals surface area contributed by atoms with Gasteiger partial charge in [-0.3, -0.25) is 0 Å². The lowest BCUT2D eigenvalue weighted by atomic mass is 9.91. The molecule has 1 fully saturated rings. The van der Waals surface area contributed by atoms with Crippen molar-refractivity contribution in [3.8, 4) is 0 Å². The van der Waals surface area contributed by atoms with Gasteiger partial charge in [-0.05, 0) is 36.5 Å². The van der Waals surface area contributed by atoms with Crippen molar-refractivity contribution in [2.75, 3.05) is 23.7 Å². The second-order valence-corrected chi connectivity index (χ2v) is 7.15. The monoisotopic (exact) mass is 283 g/mol. The van der Waals surface area contributed by atoms with Crippen molar-refractivity contribution in [2.45, 2.75) is 25.2 Å². The zero-order chi connectivity index (χ0) is 14.2. The van der Waals surface area contributed by atoms with Crippen LogP contribution in [0.5, 0.6) is 0 Å². The minimum Gasteiger partial charge on any atom is -0.399 e. The van der Waals surface area contributed by atoms with E-state index in [4.69, 9.17) is 10.9 Å². The number of hydrogen-bond donors (Lipinski definition) is 2. The number of benzene rings is 1. The van der Waals surface area contributed by atoms with Gasteiger partial charge < -0.3 is 10.6 Å². The third-order valence-electron chi connectivity index (χ3n) is 3.50. The summed E-state index contributed by atoms with van der Waals surface area (Å²) in [6.07, 6.45) is 1.16. The summed E-state index contributed by atoms with van der Waals surface area (Å²) in [4.78, 5) is 2.21. The maximum Gasteiger partial charge on any atom is 0.240 e. The molecule has 1 aliphatic heterocycles. The van der Waals surface area contributed by atoms with Gasteiger partial charge in [0.2, 0.25) is 10.0 Å². The summed E-state index contributed by atoms with van der Waals surface area (Å²) in [5.41, 5.74) is 6.74. The first-order chi connectivity index (χ1) is 8.77. The van der Waals surface area contributed by atoms with Gasteiger partial charge in [0.1, 0.15) is 4.90 Å². The number of rotatable bonds is 2. The lowest BCUT2D eigenvalue weighted by Gasteiger charge is -2.37. The van der Waals surface area contributed by atoms with E-state index in [2.05, 4.69) is 18.7 Å². The minimum absolute atomic E-state index is 0.119. The SMILES string of the molecule is CC1CC(C)CN(c2ccc(N)cc2S(N)(=O)=O)C1. The van der Waals surface area contributed by atoms with Crippen LogP contribution in [0.3, 0.4) is 0 Å². The molecule has 0 aliphatic carbocycles. The Balaban J connectivity index is 2.44. The summed E-state index contributed by atoms with van der Waals surface area (Å²) in [6, 6.07) is 4.91. The first kappa shape index (κ1) is 14.1.